The molecule has 1 unspecified atom stereocenters. The van der Waals surface area contributed by atoms with E-state index in [9.17, 15) is 4.79 Å². The van der Waals surface area contributed by atoms with E-state index in [-0.39, 0.29) is 11.8 Å². The van der Waals surface area contributed by atoms with Gasteiger partial charge in [-0.1, -0.05) is 6.07 Å². The Morgan fingerprint density at radius 2 is 1.82 bits per heavy atom. The summed E-state index contributed by atoms with van der Waals surface area (Å²) in [7, 11) is 1.68. The lowest BCUT2D eigenvalue weighted by molar-refractivity contribution is -0.136. The smallest absolute Gasteiger partial charge is 0.227 e. The molecule has 3 aromatic rings. The molecule has 0 saturated carbocycles. The number of nitrogens with zero attached hydrogens (tertiary/aromatic N) is 8. The number of rotatable bonds is 5. The van der Waals surface area contributed by atoms with Gasteiger partial charge in [-0.2, -0.15) is 5.10 Å². The molecule has 172 valence electrons. The molecule has 2 aromatic heterocycles. The first kappa shape index (κ1) is 21.2. The topological polar surface area (TPSA) is 92.5 Å². The molecular weight excluding hydrogens is 420 g/mol. The minimum absolute atomic E-state index is 0.0149. The number of amides is 1. The molecule has 0 N–H and O–H groups in total. The lowest BCUT2D eigenvalue weighted by Gasteiger charge is -2.40. The number of aromatic nitrogens is 5. The molecule has 2 aliphatic heterocycles. The SMILES string of the molecule is COc1cccc(N2CCN(C(=O)C3CCCN(c4ccc(-n5cncn5)nn4)C3)CC2)c1. The average Bonchev–Trinajstić information content (AvgIpc) is 3.44. The largest absolute Gasteiger partial charge is 0.497 e. The van der Waals surface area contributed by atoms with Crippen molar-refractivity contribution in [3.05, 3.63) is 49.1 Å². The van der Waals surface area contributed by atoms with E-state index >= 15 is 0 Å². The number of methoxy groups -OCH3 is 1. The van der Waals surface area contributed by atoms with Gasteiger partial charge in [0.1, 0.15) is 18.4 Å². The molecule has 0 bridgehead atoms. The van der Waals surface area contributed by atoms with Crippen LogP contribution in [-0.2, 0) is 4.79 Å². The Balaban J connectivity index is 1.18. The first-order valence-electron chi connectivity index (χ1n) is 11.3. The van der Waals surface area contributed by atoms with Crippen LogP contribution < -0.4 is 14.5 Å². The normalized spacial score (nSPS) is 18.9. The molecule has 33 heavy (non-hydrogen) atoms. The standard InChI is InChI=1S/C23H28N8O2/c1-33-20-6-2-5-19(14-20)28-10-12-29(13-11-28)23(32)18-4-3-9-30(15-18)21-7-8-22(27-26-21)31-17-24-16-25-31/h2,5-8,14,16-18H,3-4,9-13,15H2,1H3. The fourth-order valence-corrected chi connectivity index (χ4v) is 4.57. The molecule has 0 aliphatic carbocycles. The van der Waals surface area contributed by atoms with Crippen molar-refractivity contribution >= 4 is 17.4 Å². The van der Waals surface area contributed by atoms with E-state index in [1.807, 2.05) is 35.2 Å². The number of hydrogen-bond donors (Lipinski definition) is 0. The number of carbonyl (C=O) groups is 1. The van der Waals surface area contributed by atoms with Crippen molar-refractivity contribution in [1.82, 2.24) is 29.9 Å². The van der Waals surface area contributed by atoms with E-state index in [1.165, 1.54) is 6.33 Å². The van der Waals surface area contributed by atoms with Gasteiger partial charge < -0.3 is 19.4 Å². The second kappa shape index (κ2) is 9.43. The second-order valence-electron chi connectivity index (χ2n) is 8.39. The Morgan fingerprint density at radius 1 is 1.00 bits per heavy atom. The summed E-state index contributed by atoms with van der Waals surface area (Å²) in [4.78, 5) is 23.7. The van der Waals surface area contributed by atoms with Crippen molar-refractivity contribution in [3.8, 4) is 11.6 Å². The number of anilines is 2. The number of piperidine rings is 1. The highest BCUT2D eigenvalue weighted by Gasteiger charge is 2.31. The van der Waals surface area contributed by atoms with Gasteiger partial charge in [0.2, 0.25) is 5.91 Å². The lowest BCUT2D eigenvalue weighted by atomic mass is 9.96. The molecule has 1 amide bonds. The molecule has 5 rings (SSSR count). The van der Waals surface area contributed by atoms with Gasteiger partial charge in [-0.25, -0.2) is 9.67 Å². The summed E-state index contributed by atoms with van der Waals surface area (Å²) in [6.07, 6.45) is 4.93. The van der Waals surface area contributed by atoms with Gasteiger partial charge in [0.05, 0.1) is 13.0 Å². The summed E-state index contributed by atoms with van der Waals surface area (Å²) in [5.74, 6) is 2.50. The number of piperazine rings is 1. The maximum absolute atomic E-state index is 13.3. The van der Waals surface area contributed by atoms with E-state index in [0.717, 1.165) is 62.8 Å². The Hall–Kier alpha value is -3.69. The molecule has 1 atom stereocenters. The number of benzene rings is 1. The minimum atomic E-state index is -0.0149. The Bertz CT molecular complexity index is 1060. The highest BCUT2D eigenvalue weighted by molar-refractivity contribution is 5.80. The van der Waals surface area contributed by atoms with Gasteiger partial charge in [-0.15, -0.1) is 10.2 Å². The first-order chi connectivity index (χ1) is 16.2. The van der Waals surface area contributed by atoms with E-state index in [1.54, 1.807) is 18.1 Å². The molecule has 0 radical (unpaired) electrons. The molecule has 2 fully saturated rings. The van der Waals surface area contributed by atoms with E-state index < -0.39 is 0 Å². The minimum Gasteiger partial charge on any atom is -0.497 e. The zero-order valence-electron chi connectivity index (χ0n) is 18.7. The summed E-state index contributed by atoms with van der Waals surface area (Å²) in [5.41, 5.74) is 1.14. The van der Waals surface area contributed by atoms with Crippen LogP contribution in [-0.4, -0.2) is 82.1 Å². The molecule has 2 saturated heterocycles. The maximum Gasteiger partial charge on any atom is 0.227 e. The molecule has 2 aliphatic rings. The Morgan fingerprint density at radius 3 is 2.55 bits per heavy atom. The van der Waals surface area contributed by atoms with Crippen molar-refractivity contribution in [1.29, 1.82) is 0 Å². The third-order valence-electron chi connectivity index (χ3n) is 6.39. The molecule has 4 heterocycles. The third-order valence-corrected chi connectivity index (χ3v) is 6.39. The lowest BCUT2D eigenvalue weighted by Crippen LogP contribution is -2.52. The van der Waals surface area contributed by atoms with Crippen LogP contribution in [0, 0.1) is 5.92 Å². The van der Waals surface area contributed by atoms with Crippen LogP contribution in [0.15, 0.2) is 49.1 Å². The van der Waals surface area contributed by atoms with Gasteiger partial charge in [0.25, 0.3) is 0 Å². The molecule has 10 heteroatoms. The number of carbonyl (C=O) groups excluding carboxylic acids is 1. The van der Waals surface area contributed by atoms with Crippen molar-refractivity contribution < 1.29 is 9.53 Å². The first-order valence-corrected chi connectivity index (χ1v) is 11.3. The van der Waals surface area contributed by atoms with Crippen molar-refractivity contribution in [3.63, 3.8) is 0 Å². The van der Waals surface area contributed by atoms with Gasteiger partial charge >= 0.3 is 0 Å². The van der Waals surface area contributed by atoms with Crippen molar-refractivity contribution in [2.75, 3.05) is 56.2 Å². The van der Waals surface area contributed by atoms with Crippen LogP contribution in [0.5, 0.6) is 5.75 Å². The summed E-state index contributed by atoms with van der Waals surface area (Å²) in [6, 6.07) is 11.9. The maximum atomic E-state index is 13.3. The zero-order chi connectivity index (χ0) is 22.6. The summed E-state index contributed by atoms with van der Waals surface area (Å²) in [6.45, 7) is 4.67. The predicted octanol–water partition coefficient (Wildman–Crippen LogP) is 1.63. The van der Waals surface area contributed by atoms with E-state index in [2.05, 4.69) is 36.1 Å². The van der Waals surface area contributed by atoms with Gasteiger partial charge in [-0.3, -0.25) is 4.79 Å². The van der Waals surface area contributed by atoms with Crippen molar-refractivity contribution in [2.24, 2.45) is 5.92 Å². The number of hydrogen-bond acceptors (Lipinski definition) is 8. The van der Waals surface area contributed by atoms with Crippen LogP contribution >= 0.6 is 0 Å². The fraction of sp³-hybridized carbons (Fsp3) is 0.435. The zero-order valence-corrected chi connectivity index (χ0v) is 18.7. The third kappa shape index (κ3) is 4.59. The van der Waals surface area contributed by atoms with Crippen LogP contribution in [0.2, 0.25) is 0 Å². The van der Waals surface area contributed by atoms with Gasteiger partial charge in [-0.05, 0) is 37.1 Å². The van der Waals surface area contributed by atoms with Crippen LogP contribution in [0.1, 0.15) is 12.8 Å². The molecular formula is C23H28N8O2. The summed E-state index contributed by atoms with van der Waals surface area (Å²) < 4.78 is 6.92. The molecule has 10 nitrogen and oxygen atoms in total. The Kier molecular flexibility index (Phi) is 6.05. The van der Waals surface area contributed by atoms with Crippen LogP contribution in [0.3, 0.4) is 0 Å². The van der Waals surface area contributed by atoms with E-state index in [0.29, 0.717) is 12.4 Å². The molecule has 1 aromatic carbocycles. The van der Waals surface area contributed by atoms with Crippen LogP contribution in [0.25, 0.3) is 5.82 Å². The highest BCUT2D eigenvalue weighted by atomic mass is 16.5. The second-order valence-corrected chi connectivity index (χ2v) is 8.39. The average molecular weight is 449 g/mol. The van der Waals surface area contributed by atoms with Gasteiger partial charge in [0, 0.05) is 51.0 Å². The van der Waals surface area contributed by atoms with Gasteiger partial charge in [0.15, 0.2) is 11.6 Å². The Labute approximate surface area is 192 Å². The van der Waals surface area contributed by atoms with E-state index in [4.69, 9.17) is 4.74 Å². The van der Waals surface area contributed by atoms with Crippen molar-refractivity contribution in [2.45, 2.75) is 12.8 Å². The monoisotopic (exact) mass is 448 g/mol. The fourth-order valence-electron chi connectivity index (χ4n) is 4.57. The number of ether oxygens (including phenoxy) is 1. The van der Waals surface area contributed by atoms with Crippen LogP contribution in [0.4, 0.5) is 11.5 Å². The molecule has 0 spiro atoms. The quantitative estimate of drug-likeness (QED) is 0.582. The highest BCUT2D eigenvalue weighted by Crippen LogP contribution is 2.25. The summed E-state index contributed by atoms with van der Waals surface area (Å²) >= 11 is 0. The predicted molar refractivity (Wildman–Crippen MR) is 124 cm³/mol. The summed E-state index contributed by atoms with van der Waals surface area (Å²) in [5, 5.41) is 12.7.